The van der Waals surface area contributed by atoms with Gasteiger partial charge in [0.15, 0.2) is 13.6 Å². The first-order chi connectivity index (χ1) is 15.2. The van der Waals surface area contributed by atoms with Crippen molar-refractivity contribution in [2.24, 2.45) is 5.92 Å². The summed E-state index contributed by atoms with van der Waals surface area (Å²) in [6, 6.07) is 16.5. The lowest BCUT2D eigenvalue weighted by atomic mass is 9.78. The number of ether oxygens (including phenoxy) is 4. The molecule has 0 bridgehead atoms. The first kappa shape index (κ1) is 23.3. The monoisotopic (exact) mass is 426 g/mol. The first-order valence-electron chi connectivity index (χ1n) is 11.0. The van der Waals surface area contributed by atoms with E-state index in [1.807, 2.05) is 24.3 Å². The quantitative estimate of drug-likeness (QED) is 0.487. The molecule has 0 saturated heterocycles. The molecule has 31 heavy (non-hydrogen) atoms. The van der Waals surface area contributed by atoms with E-state index in [0.29, 0.717) is 5.92 Å². The Morgan fingerprint density at radius 2 is 1.42 bits per heavy atom. The maximum atomic E-state index is 9.25. The van der Waals surface area contributed by atoms with Crippen molar-refractivity contribution in [3.63, 3.8) is 0 Å². The lowest BCUT2D eigenvalue weighted by molar-refractivity contribution is 0.0509. The number of aliphatic hydroxyl groups excluding tert-OH is 1. The van der Waals surface area contributed by atoms with Crippen molar-refractivity contribution in [3.8, 4) is 11.5 Å². The number of benzene rings is 2. The highest BCUT2D eigenvalue weighted by Gasteiger charge is 2.21. The van der Waals surface area contributed by atoms with E-state index in [2.05, 4.69) is 24.3 Å². The number of methoxy groups -OCH3 is 2. The number of hydrogen-bond acceptors (Lipinski definition) is 5. The van der Waals surface area contributed by atoms with Crippen LogP contribution in [0.5, 0.6) is 11.5 Å². The fourth-order valence-electron chi connectivity index (χ4n) is 4.27. The third-order valence-corrected chi connectivity index (χ3v) is 5.72. The van der Waals surface area contributed by atoms with Gasteiger partial charge in [0.25, 0.3) is 0 Å². The lowest BCUT2D eigenvalue weighted by Crippen LogP contribution is -2.11. The zero-order valence-corrected chi connectivity index (χ0v) is 18.6. The predicted molar refractivity (Wildman–Crippen MR) is 122 cm³/mol. The van der Waals surface area contributed by atoms with E-state index in [1.54, 1.807) is 14.2 Å². The maximum Gasteiger partial charge on any atom is 0.188 e. The Labute approximate surface area is 185 Å². The molecule has 5 heteroatoms. The minimum atomic E-state index is 0.239. The predicted octanol–water partition coefficient (Wildman–Crippen LogP) is 5.42. The molecule has 0 heterocycles. The second kappa shape index (κ2) is 12.5. The largest absolute Gasteiger partial charge is 0.468 e. The van der Waals surface area contributed by atoms with Gasteiger partial charge >= 0.3 is 0 Å². The molecule has 1 saturated carbocycles. The molecule has 0 radical (unpaired) electrons. The summed E-state index contributed by atoms with van der Waals surface area (Å²) in [6.45, 7) is 0.750. The Morgan fingerprint density at radius 1 is 0.871 bits per heavy atom. The summed E-state index contributed by atoms with van der Waals surface area (Å²) >= 11 is 0. The lowest BCUT2D eigenvalue weighted by Gasteiger charge is -2.27. The van der Waals surface area contributed by atoms with Crippen molar-refractivity contribution in [2.75, 3.05) is 34.4 Å². The summed E-state index contributed by atoms with van der Waals surface area (Å²) in [5.41, 5.74) is 5.16. The Kier molecular flexibility index (Phi) is 9.40. The summed E-state index contributed by atoms with van der Waals surface area (Å²) in [5.74, 6) is 2.23. The van der Waals surface area contributed by atoms with Gasteiger partial charge in [0.2, 0.25) is 0 Å². The molecule has 1 unspecified atom stereocenters. The van der Waals surface area contributed by atoms with Crippen molar-refractivity contribution in [2.45, 2.75) is 38.5 Å². The molecule has 1 aliphatic rings. The topological polar surface area (TPSA) is 57.2 Å². The van der Waals surface area contributed by atoms with E-state index in [-0.39, 0.29) is 20.2 Å². The summed E-state index contributed by atoms with van der Waals surface area (Å²) in [7, 11) is 3.24. The highest BCUT2D eigenvalue weighted by Crippen LogP contribution is 2.39. The summed E-state index contributed by atoms with van der Waals surface area (Å²) in [4.78, 5) is 0. The van der Waals surface area contributed by atoms with Gasteiger partial charge in [-0.3, -0.25) is 0 Å². The highest BCUT2D eigenvalue weighted by atomic mass is 16.7. The van der Waals surface area contributed by atoms with Crippen molar-refractivity contribution >= 4 is 5.57 Å². The Balaban J connectivity index is 1.92. The van der Waals surface area contributed by atoms with Gasteiger partial charge in [0.1, 0.15) is 11.5 Å². The molecule has 1 atom stereocenters. The fourth-order valence-corrected chi connectivity index (χ4v) is 4.27. The molecule has 0 aromatic heterocycles. The SMILES string of the molecule is COCOc1ccc(C(=C2CCCC(CCCO)C2)c2ccc(OCOC)cc2)cc1. The molecule has 168 valence electrons. The number of aliphatic hydroxyl groups is 1. The molecule has 0 aliphatic heterocycles. The van der Waals surface area contributed by atoms with Gasteiger partial charge in [-0.1, -0.05) is 29.8 Å². The van der Waals surface area contributed by atoms with Crippen LogP contribution >= 0.6 is 0 Å². The van der Waals surface area contributed by atoms with Crippen LogP contribution in [0.2, 0.25) is 0 Å². The second-order valence-electron chi connectivity index (χ2n) is 7.96. The maximum absolute atomic E-state index is 9.25. The van der Waals surface area contributed by atoms with Crippen molar-refractivity contribution in [3.05, 3.63) is 65.2 Å². The van der Waals surface area contributed by atoms with Gasteiger partial charge in [-0.25, -0.2) is 0 Å². The smallest absolute Gasteiger partial charge is 0.188 e. The van der Waals surface area contributed by atoms with E-state index in [0.717, 1.165) is 37.2 Å². The summed E-state index contributed by atoms with van der Waals surface area (Å²) in [5, 5.41) is 9.25. The van der Waals surface area contributed by atoms with Crippen LogP contribution < -0.4 is 9.47 Å². The number of allylic oxidation sites excluding steroid dienone is 1. The van der Waals surface area contributed by atoms with E-state index in [4.69, 9.17) is 18.9 Å². The summed E-state index contributed by atoms with van der Waals surface area (Å²) in [6.07, 6.45) is 6.59. The molecule has 1 N–H and O–H groups in total. The van der Waals surface area contributed by atoms with Crippen LogP contribution in [0.15, 0.2) is 54.1 Å². The third kappa shape index (κ3) is 6.82. The average Bonchev–Trinajstić information content (AvgIpc) is 2.82. The van der Waals surface area contributed by atoms with Gasteiger partial charge in [-0.15, -0.1) is 0 Å². The highest BCUT2D eigenvalue weighted by molar-refractivity contribution is 5.82. The van der Waals surface area contributed by atoms with Crippen LogP contribution in [0.3, 0.4) is 0 Å². The first-order valence-corrected chi connectivity index (χ1v) is 11.0. The van der Waals surface area contributed by atoms with Gasteiger partial charge in [-0.05, 0) is 85.4 Å². The number of rotatable bonds is 11. The second-order valence-corrected chi connectivity index (χ2v) is 7.96. The van der Waals surface area contributed by atoms with Gasteiger partial charge in [0, 0.05) is 20.8 Å². The molecule has 0 spiro atoms. The molecular weight excluding hydrogens is 392 g/mol. The van der Waals surface area contributed by atoms with Gasteiger partial charge < -0.3 is 24.1 Å². The van der Waals surface area contributed by atoms with E-state index < -0.39 is 0 Å². The molecular formula is C26H34O5. The van der Waals surface area contributed by atoms with Crippen molar-refractivity contribution < 1.29 is 24.1 Å². The minimum absolute atomic E-state index is 0.239. The molecule has 0 amide bonds. The van der Waals surface area contributed by atoms with Crippen molar-refractivity contribution in [1.29, 1.82) is 0 Å². The van der Waals surface area contributed by atoms with E-state index >= 15 is 0 Å². The molecule has 2 aromatic rings. The molecule has 1 fully saturated rings. The van der Waals surface area contributed by atoms with Crippen LogP contribution in [0.1, 0.15) is 49.7 Å². The molecule has 5 nitrogen and oxygen atoms in total. The van der Waals surface area contributed by atoms with Gasteiger partial charge in [-0.2, -0.15) is 0 Å². The van der Waals surface area contributed by atoms with Crippen LogP contribution in [0.25, 0.3) is 5.57 Å². The Morgan fingerprint density at radius 3 is 1.90 bits per heavy atom. The van der Waals surface area contributed by atoms with Crippen molar-refractivity contribution in [1.82, 2.24) is 0 Å². The number of hydrogen-bond donors (Lipinski definition) is 1. The van der Waals surface area contributed by atoms with E-state index in [1.165, 1.54) is 35.1 Å². The molecule has 2 aromatic carbocycles. The van der Waals surface area contributed by atoms with Gasteiger partial charge in [0.05, 0.1) is 0 Å². The van der Waals surface area contributed by atoms with Crippen LogP contribution in [-0.2, 0) is 9.47 Å². The molecule has 1 aliphatic carbocycles. The van der Waals surface area contributed by atoms with Crippen LogP contribution in [0.4, 0.5) is 0 Å². The normalized spacial score (nSPS) is 16.2. The zero-order chi connectivity index (χ0) is 21.9. The third-order valence-electron chi connectivity index (χ3n) is 5.72. The van der Waals surface area contributed by atoms with E-state index in [9.17, 15) is 5.11 Å². The standard InChI is InChI=1S/C26H34O5/c1-28-18-30-24-12-8-21(9-13-24)26(22-10-14-25(15-11-22)31-19-29-2)23-7-3-5-20(17-23)6-4-16-27/h8-15,20,27H,3-7,16-19H2,1-2H3. The summed E-state index contributed by atoms with van der Waals surface area (Å²) < 4.78 is 21.1. The van der Waals surface area contributed by atoms with Crippen LogP contribution in [0, 0.1) is 5.92 Å². The zero-order valence-electron chi connectivity index (χ0n) is 18.6. The average molecular weight is 427 g/mol. The fraction of sp³-hybridized carbons (Fsp3) is 0.462. The Hall–Kier alpha value is -2.34. The Bertz CT molecular complexity index is 757. The minimum Gasteiger partial charge on any atom is -0.468 e. The van der Waals surface area contributed by atoms with Crippen LogP contribution in [-0.4, -0.2) is 39.5 Å². The molecule has 3 rings (SSSR count).